The molecule has 5 N–H and O–H groups in total. The molecule has 0 bridgehead atoms. The van der Waals surface area contributed by atoms with E-state index in [0.29, 0.717) is 0 Å². The van der Waals surface area contributed by atoms with Crippen molar-refractivity contribution in [3.05, 3.63) is 12.7 Å². The van der Waals surface area contributed by atoms with Crippen molar-refractivity contribution in [1.82, 2.24) is 0 Å². The number of hydrogen-bond acceptors (Lipinski definition) is 6. The molecule has 0 aromatic carbocycles. The molecule has 1 rings (SSSR count). The Labute approximate surface area is 112 Å². The van der Waals surface area contributed by atoms with Crippen LogP contribution in [0.15, 0.2) is 12.7 Å². The van der Waals surface area contributed by atoms with Gasteiger partial charge in [-0.05, 0) is 12.8 Å². The predicted octanol–water partition coefficient (Wildman–Crippen LogP) is -1.00. The van der Waals surface area contributed by atoms with Crippen molar-refractivity contribution in [3.8, 4) is 0 Å². The molecule has 0 saturated carbocycles. The van der Waals surface area contributed by atoms with Crippen molar-refractivity contribution in [1.29, 1.82) is 0 Å². The van der Waals surface area contributed by atoms with Crippen LogP contribution in [0.3, 0.4) is 0 Å². The second-order valence-corrected chi connectivity index (χ2v) is 3.99. The number of aliphatic hydroxyl groups is 4. The first-order valence-electron chi connectivity index (χ1n) is 5.88. The molecular formula is C12H24O7. The van der Waals surface area contributed by atoms with Crippen molar-refractivity contribution < 1.29 is 35.1 Å². The molecule has 1 aliphatic rings. The molecule has 0 aromatic rings. The summed E-state index contributed by atoms with van der Waals surface area (Å²) in [5.41, 5.74) is -1.11. The fourth-order valence-electron chi connectivity index (χ4n) is 0.810. The quantitative estimate of drug-likeness (QED) is 0.408. The van der Waals surface area contributed by atoms with Gasteiger partial charge >= 0.3 is 5.97 Å². The summed E-state index contributed by atoms with van der Waals surface area (Å²) < 4.78 is 4.94. The minimum atomic E-state index is -1.11. The molecule has 0 spiro atoms. The first-order valence-corrected chi connectivity index (χ1v) is 5.88. The van der Waals surface area contributed by atoms with Crippen LogP contribution in [0.1, 0.15) is 12.8 Å². The molecule has 19 heavy (non-hydrogen) atoms. The molecule has 7 nitrogen and oxygen atoms in total. The van der Waals surface area contributed by atoms with Crippen LogP contribution >= 0.6 is 0 Å². The normalized spacial score (nSPS) is 13.7. The van der Waals surface area contributed by atoms with Gasteiger partial charge in [-0.3, -0.25) is 0 Å². The minimum Gasteiger partial charge on any atom is -0.478 e. The highest BCUT2D eigenvalue weighted by atomic mass is 16.5. The number of carboxylic acid groups (broad SMARTS) is 1. The van der Waals surface area contributed by atoms with Gasteiger partial charge in [0.2, 0.25) is 0 Å². The van der Waals surface area contributed by atoms with Crippen molar-refractivity contribution in [2.75, 3.05) is 39.6 Å². The number of hydrogen-bond donors (Lipinski definition) is 5. The van der Waals surface area contributed by atoms with E-state index in [1.165, 1.54) is 12.8 Å². The molecule has 0 radical (unpaired) electrons. The summed E-state index contributed by atoms with van der Waals surface area (Å²) in [4.78, 5) is 9.25. The Kier molecular flexibility index (Phi) is 14.4. The predicted molar refractivity (Wildman–Crippen MR) is 68.7 cm³/mol. The molecule has 1 aliphatic heterocycles. The van der Waals surface area contributed by atoms with Crippen LogP contribution in [0.4, 0.5) is 0 Å². The van der Waals surface area contributed by atoms with E-state index in [2.05, 4.69) is 6.58 Å². The third kappa shape index (κ3) is 11.8. The van der Waals surface area contributed by atoms with Crippen molar-refractivity contribution in [2.24, 2.45) is 5.41 Å². The standard InChI is InChI=1S/C5H12O4.C4H8O.C3H4O2/c6-1-5(2-7,3-8)4-9;1-2-4-5-3-1;1-2-3(4)5/h6-9H,1-4H2;1-4H2;2H,1H2,(H,4,5). The van der Waals surface area contributed by atoms with Crippen LogP contribution in [0, 0.1) is 5.41 Å². The summed E-state index contributed by atoms with van der Waals surface area (Å²) in [5, 5.41) is 41.6. The second-order valence-electron chi connectivity index (χ2n) is 3.99. The van der Waals surface area contributed by atoms with Crippen LogP contribution in [0.5, 0.6) is 0 Å². The summed E-state index contributed by atoms with van der Waals surface area (Å²) >= 11 is 0. The van der Waals surface area contributed by atoms with E-state index in [4.69, 9.17) is 30.3 Å². The summed E-state index contributed by atoms with van der Waals surface area (Å²) in [5.74, 6) is -0.981. The summed E-state index contributed by atoms with van der Waals surface area (Å²) in [7, 11) is 0. The molecule has 0 aliphatic carbocycles. The first-order chi connectivity index (χ1) is 9.01. The largest absolute Gasteiger partial charge is 0.478 e. The number of carboxylic acids is 1. The van der Waals surface area contributed by atoms with E-state index in [9.17, 15) is 4.79 Å². The number of ether oxygens (including phenoxy) is 1. The molecule has 0 atom stereocenters. The Morgan fingerprint density at radius 1 is 1.05 bits per heavy atom. The van der Waals surface area contributed by atoms with Gasteiger partial charge in [-0.25, -0.2) is 4.79 Å². The summed E-state index contributed by atoms with van der Waals surface area (Å²) in [6, 6.07) is 0. The van der Waals surface area contributed by atoms with Gasteiger partial charge in [-0.2, -0.15) is 0 Å². The van der Waals surface area contributed by atoms with Gasteiger partial charge in [0, 0.05) is 19.3 Å². The third-order valence-electron chi connectivity index (χ3n) is 2.34. The zero-order valence-electron chi connectivity index (χ0n) is 11.0. The number of aliphatic hydroxyl groups excluding tert-OH is 4. The molecule has 7 heteroatoms. The maximum absolute atomic E-state index is 9.25. The lowest BCUT2D eigenvalue weighted by Crippen LogP contribution is -2.37. The number of rotatable bonds is 5. The zero-order chi connectivity index (χ0) is 15.1. The molecule has 1 saturated heterocycles. The molecule has 114 valence electrons. The lowest BCUT2D eigenvalue weighted by Gasteiger charge is -2.23. The Bertz CT molecular complexity index is 197. The van der Waals surface area contributed by atoms with Crippen LogP contribution < -0.4 is 0 Å². The molecule has 1 heterocycles. The molecular weight excluding hydrogens is 256 g/mol. The highest BCUT2D eigenvalue weighted by molar-refractivity contribution is 5.78. The maximum atomic E-state index is 9.25. The Balaban J connectivity index is 0. The fraction of sp³-hybridized carbons (Fsp3) is 0.750. The lowest BCUT2D eigenvalue weighted by molar-refractivity contribution is -0.131. The van der Waals surface area contributed by atoms with E-state index in [0.717, 1.165) is 19.3 Å². The van der Waals surface area contributed by atoms with Gasteiger partial charge in [0.1, 0.15) is 0 Å². The topological polar surface area (TPSA) is 127 Å². The monoisotopic (exact) mass is 280 g/mol. The van der Waals surface area contributed by atoms with Crippen LogP contribution in [-0.2, 0) is 9.53 Å². The lowest BCUT2D eigenvalue weighted by atomic mass is 9.93. The molecule has 0 unspecified atom stereocenters. The van der Waals surface area contributed by atoms with Gasteiger partial charge in [0.25, 0.3) is 0 Å². The average Bonchev–Trinajstić information content (AvgIpc) is 3.02. The van der Waals surface area contributed by atoms with Gasteiger partial charge in [0.15, 0.2) is 0 Å². The Hall–Kier alpha value is -0.990. The van der Waals surface area contributed by atoms with E-state index in [1.54, 1.807) is 0 Å². The summed E-state index contributed by atoms with van der Waals surface area (Å²) in [6.07, 6.45) is 3.39. The van der Waals surface area contributed by atoms with Crippen LogP contribution in [-0.4, -0.2) is 71.1 Å². The highest BCUT2D eigenvalue weighted by Gasteiger charge is 2.26. The third-order valence-corrected chi connectivity index (χ3v) is 2.34. The average molecular weight is 280 g/mol. The van der Waals surface area contributed by atoms with Crippen molar-refractivity contribution >= 4 is 5.97 Å². The molecule has 0 amide bonds. The van der Waals surface area contributed by atoms with E-state index in [-0.39, 0.29) is 0 Å². The SMILES string of the molecule is C1CCOC1.C=CC(=O)O.OCC(CO)(CO)CO. The number of carbonyl (C=O) groups is 1. The van der Waals surface area contributed by atoms with Gasteiger partial charge in [-0.15, -0.1) is 0 Å². The smallest absolute Gasteiger partial charge is 0.327 e. The van der Waals surface area contributed by atoms with Crippen molar-refractivity contribution in [2.45, 2.75) is 12.8 Å². The molecule has 0 aromatic heterocycles. The summed E-state index contributed by atoms with van der Waals surface area (Å²) in [6.45, 7) is 3.34. The molecule has 1 fully saturated rings. The van der Waals surface area contributed by atoms with E-state index < -0.39 is 37.8 Å². The first kappa shape index (κ1) is 20.3. The fourth-order valence-corrected chi connectivity index (χ4v) is 0.810. The number of aliphatic carboxylic acids is 1. The van der Waals surface area contributed by atoms with Crippen LogP contribution in [0.25, 0.3) is 0 Å². The Morgan fingerprint density at radius 2 is 1.37 bits per heavy atom. The van der Waals surface area contributed by atoms with Gasteiger partial charge < -0.3 is 30.3 Å². The Morgan fingerprint density at radius 3 is 1.42 bits per heavy atom. The van der Waals surface area contributed by atoms with Gasteiger partial charge in [-0.1, -0.05) is 6.58 Å². The van der Waals surface area contributed by atoms with Gasteiger partial charge in [0.05, 0.1) is 31.8 Å². The van der Waals surface area contributed by atoms with Crippen LogP contribution in [0.2, 0.25) is 0 Å². The van der Waals surface area contributed by atoms with Crippen molar-refractivity contribution in [3.63, 3.8) is 0 Å². The highest BCUT2D eigenvalue weighted by Crippen LogP contribution is 2.11. The zero-order valence-corrected chi connectivity index (χ0v) is 11.0. The maximum Gasteiger partial charge on any atom is 0.327 e. The minimum absolute atomic E-state index is 0.406. The second kappa shape index (κ2) is 13.4. The van der Waals surface area contributed by atoms with E-state index >= 15 is 0 Å². The van der Waals surface area contributed by atoms with E-state index in [1.807, 2.05) is 0 Å².